The molecule has 1 fully saturated rings. The van der Waals surface area contributed by atoms with Crippen molar-refractivity contribution < 1.29 is 9.90 Å². The molecule has 1 aliphatic heterocycles. The van der Waals surface area contributed by atoms with E-state index in [4.69, 9.17) is 11.6 Å². The van der Waals surface area contributed by atoms with E-state index >= 15 is 0 Å². The zero-order chi connectivity index (χ0) is 17.6. The fraction of sp³-hybridized carbons (Fsp3) is 0.316. The molecule has 6 heteroatoms. The molecule has 0 bridgehead atoms. The van der Waals surface area contributed by atoms with Crippen molar-refractivity contribution in [2.75, 3.05) is 25.0 Å². The number of hydrogen-bond donors (Lipinski definition) is 4. The number of aliphatic hydroxyl groups excluding tert-OH is 1. The van der Waals surface area contributed by atoms with Gasteiger partial charge in [0.1, 0.15) is 0 Å². The van der Waals surface area contributed by atoms with Gasteiger partial charge in [0, 0.05) is 37.8 Å². The van der Waals surface area contributed by atoms with E-state index in [0.717, 1.165) is 24.3 Å². The molecule has 25 heavy (non-hydrogen) atoms. The molecule has 1 aliphatic rings. The normalized spacial score (nSPS) is 19.8. The summed E-state index contributed by atoms with van der Waals surface area (Å²) in [6.45, 7) is 2.93. The molecule has 1 amide bonds. The number of carbonyl (C=O) groups is 1. The number of benzene rings is 2. The summed E-state index contributed by atoms with van der Waals surface area (Å²) in [5.74, 6) is 0.0129. The topological polar surface area (TPSA) is 73.4 Å². The molecule has 2 aromatic carbocycles. The van der Waals surface area contributed by atoms with Crippen LogP contribution >= 0.6 is 11.6 Å². The monoisotopic (exact) mass is 359 g/mol. The smallest absolute Gasteiger partial charge is 0.257 e. The van der Waals surface area contributed by atoms with Crippen LogP contribution in [0.2, 0.25) is 5.02 Å². The van der Waals surface area contributed by atoms with Crippen LogP contribution in [0, 0.1) is 5.92 Å². The van der Waals surface area contributed by atoms with E-state index < -0.39 is 0 Å². The van der Waals surface area contributed by atoms with Crippen LogP contribution in [0.25, 0.3) is 0 Å². The van der Waals surface area contributed by atoms with Crippen molar-refractivity contribution in [3.63, 3.8) is 0 Å². The standard InChI is InChI=1S/C19H22ClN3O2/c20-17-7-2-1-6-16(17)19(25)23-15-5-3-4-13(8-15)9-21-10-14-11-22-12-18(14)24/h1-8,14,18,21-22,24H,9-12H2,(H,23,25). The van der Waals surface area contributed by atoms with Gasteiger partial charge in [-0.3, -0.25) is 4.79 Å². The van der Waals surface area contributed by atoms with Crippen LogP contribution in [0.1, 0.15) is 15.9 Å². The Morgan fingerprint density at radius 1 is 1.20 bits per heavy atom. The molecular weight excluding hydrogens is 338 g/mol. The number of carbonyl (C=O) groups excluding carboxylic acids is 1. The molecule has 0 saturated carbocycles. The Bertz CT molecular complexity index is 738. The molecular formula is C19H22ClN3O2. The van der Waals surface area contributed by atoms with E-state index in [1.807, 2.05) is 24.3 Å². The van der Waals surface area contributed by atoms with Gasteiger partial charge < -0.3 is 21.1 Å². The number of rotatable bonds is 6. The maximum absolute atomic E-state index is 12.3. The highest BCUT2D eigenvalue weighted by Crippen LogP contribution is 2.18. The molecule has 0 spiro atoms. The first-order valence-corrected chi connectivity index (χ1v) is 8.75. The Morgan fingerprint density at radius 2 is 2.04 bits per heavy atom. The zero-order valence-electron chi connectivity index (χ0n) is 13.8. The summed E-state index contributed by atoms with van der Waals surface area (Å²) >= 11 is 6.06. The molecule has 0 radical (unpaired) electrons. The number of halogens is 1. The first kappa shape index (κ1) is 17.9. The predicted octanol–water partition coefficient (Wildman–Crippen LogP) is 2.26. The lowest BCUT2D eigenvalue weighted by Gasteiger charge is -2.14. The van der Waals surface area contributed by atoms with Gasteiger partial charge in [-0.25, -0.2) is 0 Å². The SMILES string of the molecule is O=C(Nc1cccc(CNCC2CNCC2O)c1)c1ccccc1Cl. The fourth-order valence-electron chi connectivity index (χ4n) is 2.93. The van der Waals surface area contributed by atoms with Gasteiger partial charge in [0.25, 0.3) is 5.91 Å². The number of aliphatic hydroxyl groups is 1. The van der Waals surface area contributed by atoms with Crippen LogP contribution in [0.15, 0.2) is 48.5 Å². The third-order valence-corrected chi connectivity index (χ3v) is 4.67. The van der Waals surface area contributed by atoms with Crippen LogP contribution < -0.4 is 16.0 Å². The van der Waals surface area contributed by atoms with E-state index in [9.17, 15) is 9.90 Å². The first-order valence-electron chi connectivity index (χ1n) is 8.38. The van der Waals surface area contributed by atoms with Crippen LogP contribution in [0.5, 0.6) is 0 Å². The molecule has 5 nitrogen and oxygen atoms in total. The third-order valence-electron chi connectivity index (χ3n) is 4.34. The van der Waals surface area contributed by atoms with Crippen molar-refractivity contribution in [1.82, 2.24) is 10.6 Å². The minimum atomic E-state index is -0.284. The van der Waals surface area contributed by atoms with Crippen molar-refractivity contribution in [2.45, 2.75) is 12.6 Å². The maximum Gasteiger partial charge on any atom is 0.257 e. The fourth-order valence-corrected chi connectivity index (χ4v) is 3.15. The second kappa shape index (κ2) is 8.45. The summed E-state index contributed by atoms with van der Waals surface area (Å²) in [6.07, 6.45) is -0.284. The van der Waals surface area contributed by atoms with Gasteiger partial charge in [-0.2, -0.15) is 0 Å². The highest BCUT2D eigenvalue weighted by molar-refractivity contribution is 6.34. The quantitative estimate of drug-likeness (QED) is 0.638. The zero-order valence-corrected chi connectivity index (χ0v) is 14.6. The average Bonchev–Trinajstić information content (AvgIpc) is 3.01. The highest BCUT2D eigenvalue weighted by Gasteiger charge is 2.23. The number of hydrogen-bond acceptors (Lipinski definition) is 4. The van der Waals surface area contributed by atoms with E-state index in [-0.39, 0.29) is 17.9 Å². The Balaban J connectivity index is 1.56. The van der Waals surface area contributed by atoms with E-state index in [2.05, 4.69) is 16.0 Å². The highest BCUT2D eigenvalue weighted by atomic mass is 35.5. The van der Waals surface area contributed by atoms with Gasteiger partial charge in [0.05, 0.1) is 16.7 Å². The molecule has 2 atom stereocenters. The lowest BCUT2D eigenvalue weighted by Crippen LogP contribution is -2.30. The van der Waals surface area contributed by atoms with Crippen LogP contribution in [-0.2, 0) is 6.54 Å². The van der Waals surface area contributed by atoms with E-state index in [1.54, 1.807) is 24.3 Å². The minimum absolute atomic E-state index is 0.226. The van der Waals surface area contributed by atoms with Gasteiger partial charge in [-0.15, -0.1) is 0 Å². The number of nitrogens with one attached hydrogen (secondary N) is 3. The molecule has 0 aliphatic carbocycles. The number of amides is 1. The van der Waals surface area contributed by atoms with Crippen LogP contribution in [0.3, 0.4) is 0 Å². The lowest BCUT2D eigenvalue weighted by molar-refractivity contribution is 0.102. The van der Waals surface area contributed by atoms with Crippen LogP contribution in [-0.4, -0.2) is 36.8 Å². The molecule has 2 unspecified atom stereocenters. The summed E-state index contributed by atoms with van der Waals surface area (Å²) in [5, 5.41) is 19.6. The number of β-amino-alcohol motifs (C(OH)–C–C–N with tert-alkyl or cyclic N) is 1. The number of anilines is 1. The molecule has 3 rings (SSSR count). The van der Waals surface area contributed by atoms with Crippen LogP contribution in [0.4, 0.5) is 5.69 Å². The molecule has 2 aromatic rings. The Kier molecular flexibility index (Phi) is 6.04. The second-order valence-electron chi connectivity index (χ2n) is 6.25. The van der Waals surface area contributed by atoms with Crippen molar-refractivity contribution in [3.05, 3.63) is 64.7 Å². The Morgan fingerprint density at radius 3 is 2.80 bits per heavy atom. The second-order valence-corrected chi connectivity index (χ2v) is 6.66. The molecule has 1 saturated heterocycles. The predicted molar refractivity (Wildman–Crippen MR) is 99.9 cm³/mol. The first-order chi connectivity index (χ1) is 12.1. The summed E-state index contributed by atoms with van der Waals surface area (Å²) < 4.78 is 0. The van der Waals surface area contributed by atoms with Gasteiger partial charge >= 0.3 is 0 Å². The molecule has 132 valence electrons. The van der Waals surface area contributed by atoms with E-state index in [1.165, 1.54) is 0 Å². The molecule has 1 heterocycles. The van der Waals surface area contributed by atoms with E-state index in [0.29, 0.717) is 23.7 Å². The Labute approximate surface area is 152 Å². The average molecular weight is 360 g/mol. The maximum atomic E-state index is 12.3. The minimum Gasteiger partial charge on any atom is -0.391 e. The van der Waals surface area contributed by atoms with Gasteiger partial charge in [-0.1, -0.05) is 35.9 Å². The summed E-state index contributed by atoms with van der Waals surface area (Å²) in [6, 6.07) is 14.7. The Hall–Kier alpha value is -1.92. The van der Waals surface area contributed by atoms with Gasteiger partial charge in [0.2, 0.25) is 0 Å². The van der Waals surface area contributed by atoms with Crippen molar-refractivity contribution >= 4 is 23.2 Å². The third kappa shape index (κ3) is 4.80. The molecule has 4 N–H and O–H groups in total. The summed E-state index contributed by atoms with van der Waals surface area (Å²) in [4.78, 5) is 12.3. The van der Waals surface area contributed by atoms with Crippen molar-refractivity contribution in [2.24, 2.45) is 5.92 Å². The van der Waals surface area contributed by atoms with Gasteiger partial charge in [-0.05, 0) is 29.8 Å². The summed E-state index contributed by atoms with van der Waals surface area (Å²) in [5.41, 5.74) is 2.25. The van der Waals surface area contributed by atoms with Gasteiger partial charge in [0.15, 0.2) is 0 Å². The molecule has 0 aromatic heterocycles. The van der Waals surface area contributed by atoms with Crippen molar-refractivity contribution in [1.29, 1.82) is 0 Å². The lowest BCUT2D eigenvalue weighted by atomic mass is 10.1. The summed E-state index contributed by atoms with van der Waals surface area (Å²) in [7, 11) is 0. The largest absolute Gasteiger partial charge is 0.391 e. The van der Waals surface area contributed by atoms with Crippen molar-refractivity contribution in [3.8, 4) is 0 Å².